The molecule has 1 saturated heterocycles. The van der Waals surface area contributed by atoms with Gasteiger partial charge >= 0.3 is 5.97 Å². The highest BCUT2D eigenvalue weighted by atomic mass is 19.1. The molecule has 6 heteroatoms. The van der Waals surface area contributed by atoms with E-state index in [-0.39, 0.29) is 24.6 Å². The Morgan fingerprint density at radius 3 is 2.52 bits per heavy atom. The molecule has 3 rings (SSSR count). The van der Waals surface area contributed by atoms with Crippen LogP contribution in [0.25, 0.3) is 0 Å². The van der Waals surface area contributed by atoms with Gasteiger partial charge in [-0.15, -0.1) is 0 Å². The molecule has 0 aliphatic carbocycles. The summed E-state index contributed by atoms with van der Waals surface area (Å²) in [5.74, 6) is -0.915. The first kappa shape index (κ1) is 20.8. The summed E-state index contributed by atoms with van der Waals surface area (Å²) in [5, 5.41) is 0. The van der Waals surface area contributed by atoms with Gasteiger partial charge in [-0.1, -0.05) is 42.5 Å². The van der Waals surface area contributed by atoms with E-state index >= 15 is 0 Å². The number of para-hydroxylation sites is 1. The summed E-state index contributed by atoms with van der Waals surface area (Å²) in [7, 11) is 1.30. The summed E-state index contributed by atoms with van der Waals surface area (Å²) in [5.41, 5.74) is 1.24. The van der Waals surface area contributed by atoms with Crippen molar-refractivity contribution >= 4 is 11.9 Å². The third-order valence-electron chi connectivity index (χ3n) is 5.14. The molecule has 0 aromatic heterocycles. The van der Waals surface area contributed by atoms with Gasteiger partial charge in [0, 0.05) is 12.8 Å². The summed E-state index contributed by atoms with van der Waals surface area (Å²) < 4.78 is 24.4. The lowest BCUT2D eigenvalue weighted by Gasteiger charge is -2.22. The number of rotatable bonds is 8. The predicted octanol–water partition coefficient (Wildman–Crippen LogP) is 3.76. The quantitative estimate of drug-likeness (QED) is 0.501. The summed E-state index contributed by atoms with van der Waals surface area (Å²) in [6, 6.07) is 15.5. The second-order valence-electron chi connectivity index (χ2n) is 7.18. The number of halogens is 1. The van der Waals surface area contributed by atoms with Crippen molar-refractivity contribution in [1.29, 1.82) is 0 Å². The Hall–Kier alpha value is -2.89. The fraction of sp³-hybridized carbons (Fsp3) is 0.391. The Balaban J connectivity index is 1.55. The van der Waals surface area contributed by atoms with Gasteiger partial charge in [0.05, 0.1) is 13.7 Å². The number of carbonyl (C=O) groups excluding carboxylic acids is 2. The molecular formula is C23H26FNO4. The average Bonchev–Trinajstić information content (AvgIpc) is 3.17. The van der Waals surface area contributed by atoms with Crippen molar-refractivity contribution in [3.8, 4) is 5.75 Å². The lowest BCUT2D eigenvalue weighted by Crippen LogP contribution is -2.41. The van der Waals surface area contributed by atoms with Crippen LogP contribution >= 0.6 is 0 Å². The maximum atomic E-state index is 13.9. The van der Waals surface area contributed by atoms with Crippen LogP contribution in [0.4, 0.5) is 4.39 Å². The highest BCUT2D eigenvalue weighted by Crippen LogP contribution is 2.26. The number of amides is 1. The smallest absolute Gasteiger partial charge is 0.328 e. The Bertz CT molecular complexity index is 827. The maximum absolute atomic E-state index is 13.9. The number of likely N-dealkylation sites (tertiary alicyclic amines) is 1. The van der Waals surface area contributed by atoms with E-state index in [1.807, 2.05) is 18.2 Å². The standard InChI is InChI=1S/C23H26FNO4/c1-28-23(27)20-15-18(29-21-13-7-6-12-19(21)24)16-25(20)22(26)14-8-5-11-17-9-3-2-4-10-17/h2-4,6-7,9-10,12-13,18,20H,5,8,11,14-16H2,1H3. The van der Waals surface area contributed by atoms with E-state index in [1.165, 1.54) is 29.7 Å². The average molecular weight is 399 g/mol. The fourth-order valence-electron chi connectivity index (χ4n) is 3.63. The first-order chi connectivity index (χ1) is 14.1. The van der Waals surface area contributed by atoms with Gasteiger partial charge < -0.3 is 14.4 Å². The molecule has 0 radical (unpaired) electrons. The van der Waals surface area contributed by atoms with Crippen molar-refractivity contribution in [2.45, 2.75) is 44.2 Å². The van der Waals surface area contributed by atoms with E-state index in [0.717, 1.165) is 19.3 Å². The number of benzene rings is 2. The van der Waals surface area contributed by atoms with Gasteiger partial charge in [0.15, 0.2) is 11.6 Å². The molecule has 1 aliphatic heterocycles. The molecule has 0 spiro atoms. The van der Waals surface area contributed by atoms with Gasteiger partial charge in [-0.2, -0.15) is 0 Å². The first-order valence-electron chi connectivity index (χ1n) is 9.91. The number of aryl methyl sites for hydroxylation is 1. The summed E-state index contributed by atoms with van der Waals surface area (Å²) in [4.78, 5) is 26.4. The van der Waals surface area contributed by atoms with E-state index < -0.39 is 23.9 Å². The predicted molar refractivity (Wildman–Crippen MR) is 107 cm³/mol. The van der Waals surface area contributed by atoms with Crippen LogP contribution in [0.15, 0.2) is 54.6 Å². The SMILES string of the molecule is COC(=O)C1CC(Oc2ccccc2F)CN1C(=O)CCCCc1ccccc1. The molecule has 154 valence electrons. The van der Waals surface area contributed by atoms with Gasteiger partial charge in [-0.25, -0.2) is 9.18 Å². The van der Waals surface area contributed by atoms with Crippen LogP contribution in [0, 0.1) is 5.82 Å². The van der Waals surface area contributed by atoms with Gasteiger partial charge in [0.1, 0.15) is 12.1 Å². The van der Waals surface area contributed by atoms with E-state index in [0.29, 0.717) is 6.42 Å². The van der Waals surface area contributed by atoms with Crippen molar-refractivity contribution in [3.63, 3.8) is 0 Å². The summed E-state index contributed by atoms with van der Waals surface area (Å²) >= 11 is 0. The molecule has 2 aromatic rings. The molecule has 1 amide bonds. The Labute approximate surface area is 170 Å². The molecule has 0 N–H and O–H groups in total. The zero-order valence-corrected chi connectivity index (χ0v) is 16.6. The maximum Gasteiger partial charge on any atom is 0.328 e. The zero-order valence-electron chi connectivity index (χ0n) is 16.6. The van der Waals surface area contributed by atoms with Crippen LogP contribution in [0.3, 0.4) is 0 Å². The molecule has 0 bridgehead atoms. The second-order valence-corrected chi connectivity index (χ2v) is 7.18. The molecule has 29 heavy (non-hydrogen) atoms. The molecule has 1 aliphatic rings. The minimum absolute atomic E-state index is 0.104. The highest BCUT2D eigenvalue weighted by molar-refractivity contribution is 5.85. The number of methoxy groups -OCH3 is 1. The molecule has 2 aromatic carbocycles. The minimum Gasteiger partial charge on any atom is -0.485 e. The van der Waals surface area contributed by atoms with Crippen LogP contribution in [-0.4, -0.2) is 42.6 Å². The van der Waals surface area contributed by atoms with Crippen molar-refractivity contribution in [2.75, 3.05) is 13.7 Å². The van der Waals surface area contributed by atoms with Crippen LogP contribution in [0.1, 0.15) is 31.2 Å². The fourth-order valence-corrected chi connectivity index (χ4v) is 3.63. The molecular weight excluding hydrogens is 373 g/mol. The van der Waals surface area contributed by atoms with Crippen LogP contribution in [-0.2, 0) is 20.7 Å². The third kappa shape index (κ3) is 5.56. The van der Waals surface area contributed by atoms with Crippen LogP contribution in [0.5, 0.6) is 5.75 Å². The number of ether oxygens (including phenoxy) is 2. The number of carbonyl (C=O) groups is 2. The monoisotopic (exact) mass is 399 g/mol. The number of unbranched alkanes of at least 4 members (excludes halogenated alkanes) is 1. The van der Waals surface area contributed by atoms with E-state index in [4.69, 9.17) is 9.47 Å². The van der Waals surface area contributed by atoms with Crippen LogP contribution < -0.4 is 4.74 Å². The van der Waals surface area contributed by atoms with E-state index in [2.05, 4.69) is 12.1 Å². The zero-order chi connectivity index (χ0) is 20.6. The highest BCUT2D eigenvalue weighted by Gasteiger charge is 2.41. The van der Waals surface area contributed by atoms with Crippen molar-refractivity contribution in [3.05, 3.63) is 66.0 Å². The molecule has 2 atom stereocenters. The molecule has 2 unspecified atom stereocenters. The number of nitrogens with zero attached hydrogens (tertiary/aromatic N) is 1. The Kier molecular flexibility index (Phi) is 7.22. The largest absolute Gasteiger partial charge is 0.485 e. The van der Waals surface area contributed by atoms with Crippen LogP contribution in [0.2, 0.25) is 0 Å². The van der Waals surface area contributed by atoms with Crippen molar-refractivity contribution in [2.24, 2.45) is 0 Å². The van der Waals surface area contributed by atoms with E-state index in [1.54, 1.807) is 12.1 Å². The number of esters is 1. The van der Waals surface area contributed by atoms with Crippen molar-refractivity contribution < 1.29 is 23.5 Å². The van der Waals surface area contributed by atoms with Gasteiger partial charge in [0.25, 0.3) is 0 Å². The molecule has 1 fully saturated rings. The Morgan fingerprint density at radius 1 is 1.07 bits per heavy atom. The summed E-state index contributed by atoms with van der Waals surface area (Å²) in [6.07, 6.45) is 2.72. The Morgan fingerprint density at radius 2 is 1.79 bits per heavy atom. The van der Waals surface area contributed by atoms with Crippen molar-refractivity contribution in [1.82, 2.24) is 4.90 Å². The topological polar surface area (TPSA) is 55.8 Å². The van der Waals surface area contributed by atoms with Gasteiger partial charge in [-0.3, -0.25) is 4.79 Å². The molecule has 0 saturated carbocycles. The number of hydrogen-bond donors (Lipinski definition) is 0. The lowest BCUT2D eigenvalue weighted by atomic mass is 10.1. The first-order valence-corrected chi connectivity index (χ1v) is 9.91. The van der Waals surface area contributed by atoms with E-state index in [9.17, 15) is 14.0 Å². The van der Waals surface area contributed by atoms with Gasteiger partial charge in [-0.05, 0) is 37.0 Å². The second kappa shape index (κ2) is 10.0. The third-order valence-corrected chi connectivity index (χ3v) is 5.14. The lowest BCUT2D eigenvalue weighted by molar-refractivity contribution is -0.151. The normalized spacial score (nSPS) is 18.5. The molecule has 5 nitrogen and oxygen atoms in total. The van der Waals surface area contributed by atoms with Gasteiger partial charge in [0.2, 0.25) is 5.91 Å². The molecule has 1 heterocycles. The summed E-state index contributed by atoms with van der Waals surface area (Å²) in [6.45, 7) is 0.242. The minimum atomic E-state index is -0.696. The number of hydrogen-bond acceptors (Lipinski definition) is 4.